The third-order valence-corrected chi connectivity index (χ3v) is 8.78. The highest BCUT2D eigenvalue weighted by Crippen LogP contribution is 2.44. The number of halogens is 3. The first kappa shape index (κ1) is 28.1. The third-order valence-electron chi connectivity index (χ3n) is 8.78. The lowest BCUT2D eigenvalue weighted by Gasteiger charge is -2.26. The van der Waals surface area contributed by atoms with Gasteiger partial charge in [0.05, 0.1) is 16.9 Å². The normalized spacial score (nSPS) is 20.6. The summed E-state index contributed by atoms with van der Waals surface area (Å²) in [5, 5.41) is 6.66. The number of carbonyl (C=O) groups is 1. The van der Waals surface area contributed by atoms with Crippen LogP contribution in [0.2, 0.25) is 0 Å². The maximum atomic E-state index is 14.3. The number of rotatable bonds is 8. The number of H-pyrrole nitrogens is 1. The summed E-state index contributed by atoms with van der Waals surface area (Å²) in [4.78, 5) is 35.4. The van der Waals surface area contributed by atoms with Crippen LogP contribution in [-0.2, 0) is 13.0 Å². The Morgan fingerprint density at radius 3 is 2.69 bits per heavy atom. The number of likely N-dealkylation sites (tertiary alicyclic amines) is 1. The van der Waals surface area contributed by atoms with E-state index in [2.05, 4.69) is 27.4 Å². The van der Waals surface area contributed by atoms with Gasteiger partial charge in [-0.25, -0.2) is 13.2 Å². The Labute approximate surface area is 242 Å². The second-order valence-corrected chi connectivity index (χ2v) is 11.7. The molecule has 3 aliphatic rings. The van der Waals surface area contributed by atoms with Crippen molar-refractivity contribution in [1.82, 2.24) is 14.8 Å². The van der Waals surface area contributed by atoms with Crippen LogP contribution < -0.4 is 21.1 Å². The van der Waals surface area contributed by atoms with Crippen molar-refractivity contribution in [3.8, 4) is 0 Å². The molecule has 0 bridgehead atoms. The van der Waals surface area contributed by atoms with E-state index >= 15 is 0 Å². The summed E-state index contributed by atoms with van der Waals surface area (Å²) in [6, 6.07) is 7.19. The van der Waals surface area contributed by atoms with Gasteiger partial charge < -0.3 is 25.4 Å². The van der Waals surface area contributed by atoms with Gasteiger partial charge in [0.15, 0.2) is 11.6 Å². The molecule has 6 rings (SSSR count). The zero-order valence-electron chi connectivity index (χ0n) is 23.9. The topological polar surface area (TPSA) is 83.7 Å². The minimum absolute atomic E-state index is 0.00289. The van der Waals surface area contributed by atoms with Crippen LogP contribution in [0.1, 0.15) is 59.9 Å². The lowest BCUT2D eigenvalue weighted by atomic mass is 10.0. The van der Waals surface area contributed by atoms with Gasteiger partial charge >= 0.3 is 0 Å². The van der Waals surface area contributed by atoms with Crippen LogP contribution in [0.5, 0.6) is 0 Å². The summed E-state index contributed by atoms with van der Waals surface area (Å²) in [5.41, 5.74) is 3.76. The average molecular weight is 581 g/mol. The molecule has 0 saturated carbocycles. The molecule has 1 amide bonds. The first-order chi connectivity index (χ1) is 20.1. The SMILES string of the molecule is C[C@@H]1CCCN1CCN1Cc2cc3c(cc2C1=O)N(C)C(c1c(N[C@@H](C)Cc2cc(F)cc(F)c2F)cc[nH]c1=O)N3. The fourth-order valence-corrected chi connectivity index (χ4v) is 6.51. The van der Waals surface area contributed by atoms with Crippen molar-refractivity contribution in [3.63, 3.8) is 0 Å². The molecule has 1 aromatic heterocycles. The van der Waals surface area contributed by atoms with Crippen LogP contribution in [0, 0.1) is 17.5 Å². The second kappa shape index (κ2) is 11.0. The summed E-state index contributed by atoms with van der Waals surface area (Å²) in [6.07, 6.45) is 3.37. The van der Waals surface area contributed by atoms with Gasteiger partial charge in [0.2, 0.25) is 0 Å². The Kier molecular flexibility index (Phi) is 7.38. The highest BCUT2D eigenvalue weighted by Gasteiger charge is 2.36. The molecule has 3 N–H and O–H groups in total. The number of amides is 1. The molecule has 1 saturated heterocycles. The molecule has 2 aromatic carbocycles. The Morgan fingerprint density at radius 1 is 1.12 bits per heavy atom. The first-order valence-corrected chi connectivity index (χ1v) is 14.4. The van der Waals surface area contributed by atoms with E-state index in [4.69, 9.17) is 0 Å². The number of hydrogen-bond acceptors (Lipinski definition) is 6. The molecule has 42 heavy (non-hydrogen) atoms. The Hall–Kier alpha value is -3.99. The molecule has 11 heteroatoms. The van der Waals surface area contributed by atoms with Gasteiger partial charge in [-0.05, 0) is 75.0 Å². The lowest BCUT2D eigenvalue weighted by molar-refractivity contribution is 0.0756. The zero-order valence-corrected chi connectivity index (χ0v) is 23.9. The number of aromatic nitrogens is 1. The van der Waals surface area contributed by atoms with Crippen molar-refractivity contribution in [1.29, 1.82) is 0 Å². The largest absolute Gasteiger partial charge is 0.382 e. The fourth-order valence-electron chi connectivity index (χ4n) is 6.51. The molecule has 0 radical (unpaired) electrons. The molecule has 1 unspecified atom stereocenters. The molecular weight excluding hydrogens is 545 g/mol. The minimum atomic E-state index is -1.24. The molecule has 4 heterocycles. The van der Waals surface area contributed by atoms with Crippen LogP contribution in [-0.4, -0.2) is 59.5 Å². The van der Waals surface area contributed by atoms with Crippen molar-refractivity contribution in [2.75, 3.05) is 42.2 Å². The van der Waals surface area contributed by atoms with E-state index in [9.17, 15) is 22.8 Å². The van der Waals surface area contributed by atoms with E-state index in [0.717, 1.165) is 36.1 Å². The van der Waals surface area contributed by atoms with Crippen LogP contribution in [0.4, 0.5) is 30.2 Å². The smallest absolute Gasteiger partial charge is 0.257 e. The quantitative estimate of drug-likeness (QED) is 0.331. The number of nitrogens with one attached hydrogen (secondary N) is 3. The molecule has 0 spiro atoms. The predicted molar refractivity (Wildman–Crippen MR) is 156 cm³/mol. The predicted octanol–water partition coefficient (Wildman–Crippen LogP) is 4.84. The number of anilines is 3. The Morgan fingerprint density at radius 2 is 1.93 bits per heavy atom. The number of pyridine rings is 1. The first-order valence-electron chi connectivity index (χ1n) is 14.4. The second-order valence-electron chi connectivity index (χ2n) is 11.7. The van der Waals surface area contributed by atoms with Crippen LogP contribution in [0.3, 0.4) is 0 Å². The number of nitrogens with zero attached hydrogens (tertiary/aromatic N) is 3. The highest BCUT2D eigenvalue weighted by atomic mass is 19.2. The third kappa shape index (κ3) is 5.10. The van der Waals surface area contributed by atoms with Gasteiger partial charge in [-0.2, -0.15) is 0 Å². The molecule has 3 aliphatic heterocycles. The molecule has 8 nitrogen and oxygen atoms in total. The van der Waals surface area contributed by atoms with Crippen molar-refractivity contribution in [2.24, 2.45) is 0 Å². The molecule has 222 valence electrons. The summed E-state index contributed by atoms with van der Waals surface area (Å²) < 4.78 is 41.7. The number of hydrogen-bond donors (Lipinski definition) is 3. The van der Waals surface area contributed by atoms with Crippen molar-refractivity contribution >= 4 is 23.0 Å². The average Bonchev–Trinajstić information content (AvgIpc) is 3.59. The maximum Gasteiger partial charge on any atom is 0.257 e. The minimum Gasteiger partial charge on any atom is -0.382 e. The van der Waals surface area contributed by atoms with Crippen molar-refractivity contribution in [2.45, 2.75) is 57.9 Å². The van der Waals surface area contributed by atoms with Crippen molar-refractivity contribution in [3.05, 3.63) is 86.6 Å². The van der Waals surface area contributed by atoms with Gasteiger partial charge in [0.1, 0.15) is 12.0 Å². The van der Waals surface area contributed by atoms with E-state index in [1.54, 1.807) is 13.0 Å². The Bertz CT molecular complexity index is 1590. The number of carbonyl (C=O) groups excluding carboxylic acids is 1. The van der Waals surface area contributed by atoms with E-state index < -0.39 is 29.7 Å². The molecule has 1 fully saturated rings. The van der Waals surface area contributed by atoms with Gasteiger partial charge in [-0.3, -0.25) is 14.5 Å². The Balaban J connectivity index is 1.19. The fraction of sp³-hybridized carbons (Fsp3) is 0.419. The lowest BCUT2D eigenvalue weighted by Crippen LogP contribution is -2.36. The van der Waals surface area contributed by atoms with Gasteiger partial charge in [0.25, 0.3) is 11.5 Å². The van der Waals surface area contributed by atoms with E-state index in [-0.39, 0.29) is 23.5 Å². The van der Waals surface area contributed by atoms with Crippen LogP contribution >= 0.6 is 0 Å². The summed E-state index contributed by atoms with van der Waals surface area (Å²) in [6.45, 7) is 7.17. The number of aromatic amines is 1. The summed E-state index contributed by atoms with van der Waals surface area (Å²) >= 11 is 0. The summed E-state index contributed by atoms with van der Waals surface area (Å²) in [7, 11) is 1.85. The van der Waals surface area contributed by atoms with E-state index in [1.807, 2.05) is 29.0 Å². The van der Waals surface area contributed by atoms with Gasteiger partial charge in [0, 0.05) is 62.3 Å². The molecule has 0 aliphatic carbocycles. The number of fused-ring (bicyclic) bond motifs is 2. The molecule has 3 atom stereocenters. The highest BCUT2D eigenvalue weighted by molar-refractivity contribution is 6.01. The van der Waals surface area contributed by atoms with Crippen LogP contribution in [0.15, 0.2) is 41.3 Å². The van der Waals surface area contributed by atoms with Crippen LogP contribution in [0.25, 0.3) is 0 Å². The van der Waals surface area contributed by atoms with E-state index in [0.29, 0.717) is 42.0 Å². The molecule has 3 aromatic rings. The van der Waals surface area contributed by atoms with E-state index in [1.165, 1.54) is 19.0 Å². The monoisotopic (exact) mass is 580 g/mol. The standard InChI is InChI=1S/C31H35F3N6O2/c1-17(11-19-12-21(32)14-23(33)28(19)34)36-24-6-7-35-30(41)27(24)29-37-25-13-20-16-40(10-9-39-8-4-5-18(39)2)31(42)22(20)15-26(25)38(29)3/h6-7,12-15,17-18,29,37H,4-5,8-11,16H2,1-3H3,(H2,35,36,41)/t17-,18+,29?/m0/s1. The summed E-state index contributed by atoms with van der Waals surface area (Å²) in [5.74, 6) is -3.16. The number of benzene rings is 2. The van der Waals surface area contributed by atoms with Crippen molar-refractivity contribution < 1.29 is 18.0 Å². The maximum absolute atomic E-state index is 14.3. The van der Waals surface area contributed by atoms with Gasteiger partial charge in [-0.1, -0.05) is 0 Å². The van der Waals surface area contributed by atoms with Gasteiger partial charge in [-0.15, -0.1) is 0 Å². The molecular formula is C31H35F3N6O2. The zero-order chi connectivity index (χ0) is 29.7.